The van der Waals surface area contributed by atoms with Gasteiger partial charge in [-0.15, -0.1) is 0 Å². The second-order valence-electron chi connectivity index (χ2n) is 5.42. The SMILES string of the molecule is CCCN(Cc1ccc(N)cc1)Cc1c(Br)c(C)nn1C. The average molecular weight is 351 g/mol. The molecular weight excluding hydrogens is 328 g/mol. The molecule has 2 rings (SSSR count). The molecule has 21 heavy (non-hydrogen) atoms. The highest BCUT2D eigenvalue weighted by molar-refractivity contribution is 9.10. The van der Waals surface area contributed by atoms with E-state index in [4.69, 9.17) is 5.73 Å². The van der Waals surface area contributed by atoms with E-state index >= 15 is 0 Å². The molecule has 0 aliphatic rings. The van der Waals surface area contributed by atoms with Crippen LogP contribution < -0.4 is 5.73 Å². The average Bonchev–Trinajstić information content (AvgIpc) is 2.68. The molecule has 0 amide bonds. The first-order valence-electron chi connectivity index (χ1n) is 7.26. The van der Waals surface area contributed by atoms with Gasteiger partial charge in [-0.05, 0) is 53.5 Å². The molecule has 0 atom stereocenters. The number of nitrogen functional groups attached to an aromatic ring is 1. The van der Waals surface area contributed by atoms with Crippen LogP contribution in [-0.4, -0.2) is 21.2 Å². The van der Waals surface area contributed by atoms with E-state index in [0.717, 1.165) is 41.9 Å². The predicted molar refractivity (Wildman–Crippen MR) is 90.9 cm³/mol. The topological polar surface area (TPSA) is 47.1 Å². The van der Waals surface area contributed by atoms with Gasteiger partial charge in [0.25, 0.3) is 0 Å². The molecule has 1 aromatic heterocycles. The molecule has 1 heterocycles. The molecule has 2 aromatic rings. The third-order valence-corrected chi connectivity index (χ3v) is 4.59. The summed E-state index contributed by atoms with van der Waals surface area (Å²) in [5, 5.41) is 4.47. The van der Waals surface area contributed by atoms with Crippen LogP contribution in [0.1, 0.15) is 30.3 Å². The van der Waals surface area contributed by atoms with E-state index < -0.39 is 0 Å². The summed E-state index contributed by atoms with van der Waals surface area (Å²) >= 11 is 3.65. The Morgan fingerprint density at radius 1 is 1.24 bits per heavy atom. The Labute approximate surface area is 135 Å². The van der Waals surface area contributed by atoms with Crippen molar-refractivity contribution in [3.05, 3.63) is 45.7 Å². The van der Waals surface area contributed by atoms with Gasteiger partial charge in [-0.2, -0.15) is 5.10 Å². The van der Waals surface area contributed by atoms with Crippen molar-refractivity contribution >= 4 is 21.6 Å². The van der Waals surface area contributed by atoms with E-state index in [-0.39, 0.29) is 0 Å². The number of aryl methyl sites for hydroxylation is 2. The lowest BCUT2D eigenvalue weighted by Crippen LogP contribution is -2.25. The van der Waals surface area contributed by atoms with Crippen molar-refractivity contribution in [1.29, 1.82) is 0 Å². The highest BCUT2D eigenvalue weighted by Crippen LogP contribution is 2.22. The summed E-state index contributed by atoms with van der Waals surface area (Å²) in [6.45, 7) is 7.10. The number of nitrogens with two attached hydrogens (primary N) is 1. The predicted octanol–water partition coefficient (Wildman–Crippen LogP) is 3.49. The Kier molecular flexibility index (Phi) is 5.42. The van der Waals surface area contributed by atoms with Gasteiger partial charge in [-0.3, -0.25) is 9.58 Å². The zero-order chi connectivity index (χ0) is 15.4. The molecule has 4 nitrogen and oxygen atoms in total. The van der Waals surface area contributed by atoms with E-state index in [9.17, 15) is 0 Å². The first-order chi connectivity index (χ1) is 10.0. The minimum Gasteiger partial charge on any atom is -0.399 e. The Hall–Kier alpha value is -1.33. The van der Waals surface area contributed by atoms with Gasteiger partial charge in [0.05, 0.1) is 15.9 Å². The summed E-state index contributed by atoms with van der Waals surface area (Å²) in [5.41, 5.74) is 10.1. The lowest BCUT2D eigenvalue weighted by molar-refractivity contribution is 0.250. The number of anilines is 1. The summed E-state index contributed by atoms with van der Waals surface area (Å²) in [6.07, 6.45) is 1.13. The van der Waals surface area contributed by atoms with Crippen LogP contribution in [0.3, 0.4) is 0 Å². The Morgan fingerprint density at radius 3 is 2.43 bits per heavy atom. The number of aromatic nitrogens is 2. The normalized spacial score (nSPS) is 11.3. The Bertz CT molecular complexity index is 589. The maximum atomic E-state index is 5.75. The van der Waals surface area contributed by atoms with Crippen LogP contribution in [0.15, 0.2) is 28.7 Å². The smallest absolute Gasteiger partial charge is 0.0739 e. The molecule has 0 spiro atoms. The fraction of sp³-hybridized carbons (Fsp3) is 0.438. The molecule has 5 heteroatoms. The summed E-state index contributed by atoms with van der Waals surface area (Å²) in [6, 6.07) is 8.12. The Morgan fingerprint density at radius 2 is 1.90 bits per heavy atom. The van der Waals surface area contributed by atoms with Gasteiger partial charge in [0, 0.05) is 25.8 Å². The maximum absolute atomic E-state index is 5.75. The van der Waals surface area contributed by atoms with Crippen molar-refractivity contribution in [2.45, 2.75) is 33.4 Å². The number of halogens is 1. The van der Waals surface area contributed by atoms with Crippen LogP contribution in [0, 0.1) is 6.92 Å². The molecule has 0 radical (unpaired) electrons. The molecule has 2 N–H and O–H groups in total. The fourth-order valence-corrected chi connectivity index (χ4v) is 2.94. The molecule has 1 aromatic carbocycles. The van der Waals surface area contributed by atoms with Crippen molar-refractivity contribution < 1.29 is 0 Å². The maximum Gasteiger partial charge on any atom is 0.0739 e. The second-order valence-corrected chi connectivity index (χ2v) is 6.21. The zero-order valence-corrected chi connectivity index (χ0v) is 14.5. The largest absolute Gasteiger partial charge is 0.399 e. The van der Waals surface area contributed by atoms with Crippen LogP contribution in [0.5, 0.6) is 0 Å². The lowest BCUT2D eigenvalue weighted by Gasteiger charge is -2.22. The highest BCUT2D eigenvalue weighted by atomic mass is 79.9. The molecule has 0 saturated heterocycles. The molecule has 0 unspecified atom stereocenters. The zero-order valence-electron chi connectivity index (χ0n) is 12.9. The van der Waals surface area contributed by atoms with Crippen molar-refractivity contribution in [3.8, 4) is 0 Å². The van der Waals surface area contributed by atoms with E-state index in [1.165, 1.54) is 11.3 Å². The van der Waals surface area contributed by atoms with Gasteiger partial charge in [0.2, 0.25) is 0 Å². The quantitative estimate of drug-likeness (QED) is 0.811. The lowest BCUT2D eigenvalue weighted by atomic mass is 10.2. The number of hydrogen-bond acceptors (Lipinski definition) is 3. The second kappa shape index (κ2) is 7.09. The first kappa shape index (κ1) is 16.0. The van der Waals surface area contributed by atoms with Gasteiger partial charge in [0.1, 0.15) is 0 Å². The number of rotatable bonds is 6. The summed E-state index contributed by atoms with van der Waals surface area (Å²) < 4.78 is 3.08. The number of hydrogen-bond donors (Lipinski definition) is 1. The molecular formula is C16H23BrN4. The third kappa shape index (κ3) is 4.08. The number of nitrogens with zero attached hydrogens (tertiary/aromatic N) is 3. The van der Waals surface area contributed by atoms with Gasteiger partial charge in [0.15, 0.2) is 0 Å². The van der Waals surface area contributed by atoms with E-state index in [0.29, 0.717) is 0 Å². The van der Waals surface area contributed by atoms with Gasteiger partial charge in [-0.1, -0.05) is 19.1 Å². The monoisotopic (exact) mass is 350 g/mol. The van der Waals surface area contributed by atoms with Crippen molar-refractivity contribution in [2.24, 2.45) is 7.05 Å². The van der Waals surface area contributed by atoms with Crippen LogP contribution in [0.4, 0.5) is 5.69 Å². The van der Waals surface area contributed by atoms with Crippen LogP contribution in [0.2, 0.25) is 0 Å². The summed E-state index contributed by atoms with van der Waals surface area (Å²) in [7, 11) is 2.00. The van der Waals surface area contributed by atoms with Gasteiger partial charge < -0.3 is 5.73 Å². The molecule has 0 saturated carbocycles. The van der Waals surface area contributed by atoms with Crippen molar-refractivity contribution in [1.82, 2.24) is 14.7 Å². The molecule has 0 aliphatic heterocycles. The highest BCUT2D eigenvalue weighted by Gasteiger charge is 2.14. The van der Waals surface area contributed by atoms with Crippen LogP contribution in [-0.2, 0) is 20.1 Å². The Balaban J connectivity index is 2.13. The van der Waals surface area contributed by atoms with E-state index in [1.807, 2.05) is 30.8 Å². The van der Waals surface area contributed by atoms with Gasteiger partial charge >= 0.3 is 0 Å². The standard InChI is InChI=1S/C16H23BrN4/c1-4-9-21(10-13-5-7-14(18)8-6-13)11-15-16(17)12(2)19-20(15)3/h5-8H,4,9-11,18H2,1-3H3. The van der Waals surface area contributed by atoms with E-state index in [2.05, 4.69) is 45.0 Å². The third-order valence-electron chi connectivity index (χ3n) is 3.56. The number of benzene rings is 1. The van der Waals surface area contributed by atoms with Crippen LogP contribution >= 0.6 is 15.9 Å². The first-order valence-corrected chi connectivity index (χ1v) is 8.05. The molecule has 114 valence electrons. The molecule has 0 fully saturated rings. The van der Waals surface area contributed by atoms with Crippen molar-refractivity contribution in [3.63, 3.8) is 0 Å². The summed E-state index contributed by atoms with van der Waals surface area (Å²) in [4.78, 5) is 2.44. The summed E-state index contributed by atoms with van der Waals surface area (Å²) in [5.74, 6) is 0. The molecule has 0 aliphatic carbocycles. The van der Waals surface area contributed by atoms with Crippen molar-refractivity contribution in [2.75, 3.05) is 12.3 Å². The minimum absolute atomic E-state index is 0.811. The van der Waals surface area contributed by atoms with Crippen LogP contribution in [0.25, 0.3) is 0 Å². The minimum atomic E-state index is 0.811. The molecule has 0 bridgehead atoms. The van der Waals surface area contributed by atoms with Gasteiger partial charge in [-0.25, -0.2) is 0 Å². The van der Waals surface area contributed by atoms with E-state index in [1.54, 1.807) is 0 Å². The fourth-order valence-electron chi connectivity index (χ4n) is 2.48.